The molecule has 1 atom stereocenters. The molecule has 1 aliphatic rings. The summed E-state index contributed by atoms with van der Waals surface area (Å²) in [4.78, 5) is 18.4. The fourth-order valence-electron chi connectivity index (χ4n) is 3.69. The molecule has 0 aliphatic carbocycles. The van der Waals surface area contributed by atoms with E-state index in [1.54, 1.807) is 12.1 Å². The number of carbonyl (C=O) groups is 1. The molecule has 2 aromatic carbocycles. The van der Waals surface area contributed by atoms with Crippen LogP contribution >= 0.6 is 0 Å². The van der Waals surface area contributed by atoms with Gasteiger partial charge in [-0.25, -0.2) is 18.2 Å². The van der Waals surface area contributed by atoms with Gasteiger partial charge in [-0.2, -0.15) is 0 Å². The molecule has 174 valence electrons. The van der Waals surface area contributed by atoms with Crippen LogP contribution in [-0.4, -0.2) is 35.0 Å². The van der Waals surface area contributed by atoms with Crippen LogP contribution in [0.15, 0.2) is 53.1 Å². The third kappa shape index (κ3) is 6.43. The van der Waals surface area contributed by atoms with E-state index in [0.29, 0.717) is 25.3 Å². The largest absolute Gasteiger partial charge is 0.447 e. The molecular formula is C24H24F3N3O3. The van der Waals surface area contributed by atoms with Gasteiger partial charge in [-0.1, -0.05) is 18.2 Å². The summed E-state index contributed by atoms with van der Waals surface area (Å²) in [5.74, 6) is -1.79. The van der Waals surface area contributed by atoms with E-state index in [1.807, 2.05) is 4.90 Å². The standard InChI is InChI=1S/C24H24F3N3O3/c25-18-6-3-16(4-7-18)12-30(13-17-5-8-19(26)10-21(17)27)14-23-29-22(15-33-23)24(31)28-11-20-2-1-9-32-20/h3-8,10,15,20H,1-2,9,11-14H2,(H,28,31)/t20-/m0/s1. The van der Waals surface area contributed by atoms with Crippen LogP contribution in [0.1, 0.15) is 40.3 Å². The van der Waals surface area contributed by atoms with Crippen molar-refractivity contribution in [3.05, 3.63) is 88.9 Å². The summed E-state index contributed by atoms with van der Waals surface area (Å²) in [5.41, 5.74) is 1.22. The molecule has 0 radical (unpaired) electrons. The molecule has 2 heterocycles. The third-order valence-corrected chi connectivity index (χ3v) is 5.39. The van der Waals surface area contributed by atoms with Crippen LogP contribution in [0.5, 0.6) is 0 Å². The Labute approximate surface area is 189 Å². The topological polar surface area (TPSA) is 67.6 Å². The molecule has 9 heteroatoms. The first kappa shape index (κ1) is 23.0. The second-order valence-electron chi connectivity index (χ2n) is 7.98. The van der Waals surface area contributed by atoms with Crippen molar-refractivity contribution < 1.29 is 27.1 Å². The van der Waals surface area contributed by atoms with Gasteiger partial charge in [-0.05, 0) is 36.6 Å². The summed E-state index contributed by atoms with van der Waals surface area (Å²) in [6.45, 7) is 1.73. The van der Waals surface area contributed by atoms with E-state index in [-0.39, 0.29) is 42.5 Å². The Hall–Kier alpha value is -3.17. The van der Waals surface area contributed by atoms with E-state index < -0.39 is 11.6 Å². The Morgan fingerprint density at radius 2 is 1.85 bits per heavy atom. The Morgan fingerprint density at radius 3 is 2.58 bits per heavy atom. The molecule has 1 fully saturated rings. The number of hydrogen-bond donors (Lipinski definition) is 1. The normalized spacial score (nSPS) is 15.8. The van der Waals surface area contributed by atoms with Crippen LogP contribution in [-0.2, 0) is 24.4 Å². The molecule has 4 rings (SSSR count). The van der Waals surface area contributed by atoms with Gasteiger partial charge in [0, 0.05) is 37.9 Å². The van der Waals surface area contributed by atoms with E-state index in [0.717, 1.165) is 24.5 Å². The number of nitrogens with one attached hydrogen (secondary N) is 1. The van der Waals surface area contributed by atoms with Gasteiger partial charge in [0.25, 0.3) is 5.91 Å². The maximum atomic E-state index is 14.2. The maximum Gasteiger partial charge on any atom is 0.273 e. The second kappa shape index (κ2) is 10.6. The highest BCUT2D eigenvalue weighted by molar-refractivity contribution is 5.91. The van der Waals surface area contributed by atoms with Crippen molar-refractivity contribution in [3.63, 3.8) is 0 Å². The lowest BCUT2D eigenvalue weighted by atomic mass is 10.1. The lowest BCUT2D eigenvalue weighted by Crippen LogP contribution is -2.32. The first-order chi connectivity index (χ1) is 16.0. The molecule has 1 saturated heterocycles. The third-order valence-electron chi connectivity index (χ3n) is 5.39. The van der Waals surface area contributed by atoms with Gasteiger partial charge >= 0.3 is 0 Å². The van der Waals surface area contributed by atoms with Crippen molar-refractivity contribution in [3.8, 4) is 0 Å². The van der Waals surface area contributed by atoms with E-state index in [9.17, 15) is 18.0 Å². The quantitative estimate of drug-likeness (QED) is 0.520. The van der Waals surface area contributed by atoms with Crippen LogP contribution in [0.4, 0.5) is 13.2 Å². The SMILES string of the molecule is O=C(NC[C@@H]1CCCO1)c1coc(CN(Cc2ccc(F)cc2)Cc2ccc(F)cc2F)n1. The van der Waals surface area contributed by atoms with E-state index in [2.05, 4.69) is 10.3 Å². The summed E-state index contributed by atoms with van der Waals surface area (Å²) < 4.78 is 51.8. The zero-order valence-corrected chi connectivity index (χ0v) is 17.9. The first-order valence-corrected chi connectivity index (χ1v) is 10.7. The Balaban J connectivity index is 1.44. The molecule has 1 aliphatic heterocycles. The Morgan fingerprint density at radius 1 is 1.06 bits per heavy atom. The van der Waals surface area contributed by atoms with Gasteiger partial charge in [0.1, 0.15) is 23.7 Å². The van der Waals surface area contributed by atoms with Gasteiger partial charge < -0.3 is 14.5 Å². The number of amides is 1. The van der Waals surface area contributed by atoms with Gasteiger partial charge in [-0.3, -0.25) is 9.69 Å². The first-order valence-electron chi connectivity index (χ1n) is 10.7. The highest BCUT2D eigenvalue weighted by Gasteiger charge is 2.20. The van der Waals surface area contributed by atoms with Crippen molar-refractivity contribution >= 4 is 5.91 Å². The highest BCUT2D eigenvalue weighted by atomic mass is 19.1. The number of rotatable bonds is 9. The van der Waals surface area contributed by atoms with Crippen molar-refractivity contribution in [1.82, 2.24) is 15.2 Å². The molecule has 0 bridgehead atoms. The monoisotopic (exact) mass is 459 g/mol. The molecule has 1 N–H and O–H groups in total. The number of oxazole rings is 1. The van der Waals surface area contributed by atoms with E-state index in [4.69, 9.17) is 9.15 Å². The number of carbonyl (C=O) groups excluding carboxylic acids is 1. The molecule has 0 saturated carbocycles. The van der Waals surface area contributed by atoms with Gasteiger partial charge in [-0.15, -0.1) is 0 Å². The Kier molecular flexibility index (Phi) is 7.41. The summed E-state index contributed by atoms with van der Waals surface area (Å²) in [7, 11) is 0. The summed E-state index contributed by atoms with van der Waals surface area (Å²) in [5, 5.41) is 2.78. The van der Waals surface area contributed by atoms with Gasteiger partial charge in [0.15, 0.2) is 5.69 Å². The zero-order valence-electron chi connectivity index (χ0n) is 17.9. The summed E-state index contributed by atoms with van der Waals surface area (Å²) >= 11 is 0. The minimum Gasteiger partial charge on any atom is -0.447 e. The van der Waals surface area contributed by atoms with Crippen LogP contribution in [0, 0.1) is 17.5 Å². The highest BCUT2D eigenvalue weighted by Crippen LogP contribution is 2.18. The van der Waals surface area contributed by atoms with E-state index >= 15 is 0 Å². The van der Waals surface area contributed by atoms with Gasteiger partial charge in [0.05, 0.1) is 12.6 Å². The predicted octanol–water partition coefficient (Wildman–Crippen LogP) is 4.20. The summed E-state index contributed by atoms with van der Waals surface area (Å²) in [6, 6.07) is 9.33. The smallest absolute Gasteiger partial charge is 0.273 e. The van der Waals surface area contributed by atoms with Crippen LogP contribution < -0.4 is 5.32 Å². The van der Waals surface area contributed by atoms with Crippen LogP contribution in [0.3, 0.4) is 0 Å². The van der Waals surface area contributed by atoms with Gasteiger partial charge in [0.2, 0.25) is 5.89 Å². The number of ether oxygens (including phenoxy) is 1. The number of hydrogen-bond acceptors (Lipinski definition) is 5. The maximum absolute atomic E-state index is 14.2. The van der Waals surface area contributed by atoms with Crippen molar-refractivity contribution in [2.24, 2.45) is 0 Å². The fraction of sp³-hybridized carbons (Fsp3) is 0.333. The molecule has 1 amide bonds. The molecule has 6 nitrogen and oxygen atoms in total. The van der Waals surface area contributed by atoms with Crippen LogP contribution in [0.25, 0.3) is 0 Å². The lowest BCUT2D eigenvalue weighted by Gasteiger charge is -2.21. The minimum absolute atomic E-state index is 0.0112. The number of aromatic nitrogens is 1. The van der Waals surface area contributed by atoms with Crippen molar-refractivity contribution in [1.29, 1.82) is 0 Å². The van der Waals surface area contributed by atoms with E-state index in [1.165, 1.54) is 30.5 Å². The average Bonchev–Trinajstić information content (AvgIpc) is 3.48. The molecular weight excluding hydrogens is 435 g/mol. The molecule has 1 aromatic heterocycles. The average molecular weight is 459 g/mol. The minimum atomic E-state index is -0.666. The molecule has 33 heavy (non-hydrogen) atoms. The molecule has 3 aromatic rings. The predicted molar refractivity (Wildman–Crippen MR) is 114 cm³/mol. The summed E-state index contributed by atoms with van der Waals surface area (Å²) in [6.07, 6.45) is 3.17. The lowest BCUT2D eigenvalue weighted by molar-refractivity contribution is 0.0853. The fourth-order valence-corrected chi connectivity index (χ4v) is 3.69. The van der Waals surface area contributed by atoms with Crippen molar-refractivity contribution in [2.45, 2.75) is 38.6 Å². The number of benzene rings is 2. The number of halogens is 3. The zero-order chi connectivity index (χ0) is 23.2. The second-order valence-corrected chi connectivity index (χ2v) is 7.98. The Bertz CT molecular complexity index is 1080. The number of nitrogens with zero attached hydrogens (tertiary/aromatic N) is 2. The molecule has 0 unspecified atom stereocenters. The molecule has 0 spiro atoms. The van der Waals surface area contributed by atoms with Crippen molar-refractivity contribution in [2.75, 3.05) is 13.2 Å². The van der Waals surface area contributed by atoms with Crippen LogP contribution in [0.2, 0.25) is 0 Å².